The molecule has 1 atom stereocenters. The Morgan fingerprint density at radius 3 is 2.50 bits per heavy atom. The minimum absolute atomic E-state index is 0. The van der Waals surface area contributed by atoms with E-state index in [0.717, 1.165) is 6.42 Å². The molecule has 0 aromatic rings. The van der Waals surface area contributed by atoms with Crippen molar-refractivity contribution in [1.29, 1.82) is 0 Å². The van der Waals surface area contributed by atoms with Crippen molar-refractivity contribution in [1.82, 2.24) is 12.3 Å². The zero-order valence-electron chi connectivity index (χ0n) is 8.73. The molecule has 1 heterocycles. The number of nitrogens with zero attached hydrogens (tertiary/aromatic N) is 1. The predicted molar refractivity (Wildman–Crippen MR) is 51.4 cm³/mol. The summed E-state index contributed by atoms with van der Waals surface area (Å²) < 4.78 is 10.5. The standard InChI is InChI=1S/C6H12NO4P.2H3N/c1-2-3-5-4-6(11-7-5)12(8,9)10;;/h6H,2-4H2,1H3,(H2,8,9,10);2*1H3. The van der Waals surface area contributed by atoms with Crippen LogP contribution in [0.2, 0.25) is 0 Å². The monoisotopic (exact) mass is 227 g/mol. The van der Waals surface area contributed by atoms with Crippen LogP contribution in [0.1, 0.15) is 26.2 Å². The molecular formula is C6H18N3O4P. The summed E-state index contributed by atoms with van der Waals surface area (Å²) in [7, 11) is -4.61. The van der Waals surface area contributed by atoms with Crippen LogP contribution in [0.25, 0.3) is 0 Å². The Kier molecular flexibility index (Phi) is 6.97. The van der Waals surface area contributed by atoms with Gasteiger partial charge < -0.3 is 31.5 Å². The van der Waals surface area contributed by atoms with Crippen LogP contribution in [0.15, 0.2) is 5.16 Å². The van der Waals surface area contributed by atoms with E-state index in [1.807, 2.05) is 6.92 Å². The molecule has 1 aliphatic rings. The second-order valence-corrected chi connectivity index (χ2v) is 4.37. The maximum absolute atomic E-state index is 10.5. The third-order valence-corrected chi connectivity index (χ3v) is 2.59. The molecule has 0 saturated heterocycles. The van der Waals surface area contributed by atoms with E-state index in [0.29, 0.717) is 12.1 Å². The van der Waals surface area contributed by atoms with Crippen LogP contribution >= 0.6 is 7.60 Å². The molecule has 0 saturated carbocycles. The molecule has 0 aliphatic carbocycles. The van der Waals surface area contributed by atoms with Crippen LogP contribution in [0.4, 0.5) is 0 Å². The average molecular weight is 227 g/mol. The van der Waals surface area contributed by atoms with Gasteiger partial charge >= 0.3 is 0 Å². The van der Waals surface area contributed by atoms with Gasteiger partial charge in [0.15, 0.2) is 5.85 Å². The smallest absolute Gasteiger partial charge is 0.158 e. The van der Waals surface area contributed by atoms with E-state index in [4.69, 9.17) is 0 Å². The van der Waals surface area contributed by atoms with Gasteiger partial charge in [0, 0.05) is 6.42 Å². The lowest BCUT2D eigenvalue weighted by molar-refractivity contribution is -0.323. The molecule has 1 rings (SSSR count). The quantitative estimate of drug-likeness (QED) is 0.674. The van der Waals surface area contributed by atoms with E-state index < -0.39 is 13.4 Å². The van der Waals surface area contributed by atoms with Crippen molar-refractivity contribution in [2.24, 2.45) is 5.16 Å². The zero-order chi connectivity index (χ0) is 9.19. The molecule has 0 spiro atoms. The third kappa shape index (κ3) is 4.17. The Balaban J connectivity index is 0. The van der Waals surface area contributed by atoms with Gasteiger partial charge in [-0.15, -0.1) is 0 Å². The highest BCUT2D eigenvalue weighted by Gasteiger charge is 2.22. The zero-order valence-corrected chi connectivity index (χ0v) is 9.62. The minimum Gasteiger partial charge on any atom is -0.808 e. The van der Waals surface area contributed by atoms with Crippen molar-refractivity contribution < 1.29 is 19.2 Å². The topological polar surface area (TPSA) is 158 Å². The summed E-state index contributed by atoms with van der Waals surface area (Å²) in [5.41, 5.74) is 0.662. The molecule has 0 aromatic carbocycles. The predicted octanol–water partition coefficient (Wildman–Crippen LogP) is 0.555. The SMILES string of the molecule is CCCC1=NOC(P(=O)([O-])[O-])C1.[NH4+].[NH4+]. The van der Waals surface area contributed by atoms with Gasteiger partial charge in [-0.05, 0) is 14.0 Å². The van der Waals surface area contributed by atoms with Gasteiger partial charge in [-0.2, -0.15) is 0 Å². The molecule has 0 amide bonds. The van der Waals surface area contributed by atoms with Crippen molar-refractivity contribution in [3.63, 3.8) is 0 Å². The summed E-state index contributed by atoms with van der Waals surface area (Å²) >= 11 is 0. The molecule has 1 aliphatic heterocycles. The van der Waals surface area contributed by atoms with E-state index in [2.05, 4.69) is 9.99 Å². The minimum atomic E-state index is -4.61. The second-order valence-electron chi connectivity index (χ2n) is 2.71. The van der Waals surface area contributed by atoms with Crippen LogP contribution in [0, 0.1) is 0 Å². The first-order valence-electron chi connectivity index (χ1n) is 3.77. The van der Waals surface area contributed by atoms with Gasteiger partial charge in [-0.25, -0.2) is 0 Å². The van der Waals surface area contributed by atoms with Crippen molar-refractivity contribution in [3.05, 3.63) is 0 Å². The van der Waals surface area contributed by atoms with E-state index in [-0.39, 0.29) is 18.7 Å². The first kappa shape index (κ1) is 16.0. The fourth-order valence-electron chi connectivity index (χ4n) is 1.02. The Morgan fingerprint density at radius 2 is 2.14 bits per heavy atom. The summed E-state index contributed by atoms with van der Waals surface area (Å²) in [5, 5.41) is 3.52. The summed E-state index contributed by atoms with van der Waals surface area (Å²) in [5.74, 6) is -1.26. The highest BCUT2D eigenvalue weighted by atomic mass is 31.2. The largest absolute Gasteiger partial charge is 0.808 e. The van der Waals surface area contributed by atoms with Gasteiger partial charge in [0.05, 0.1) is 5.71 Å². The normalized spacial score (nSPS) is 20.2. The number of oxime groups is 1. The van der Waals surface area contributed by atoms with Gasteiger partial charge in [0.1, 0.15) is 0 Å². The number of quaternary nitrogens is 2. The van der Waals surface area contributed by atoms with Crippen LogP contribution in [0.5, 0.6) is 0 Å². The molecule has 0 aromatic heterocycles. The van der Waals surface area contributed by atoms with Crippen LogP contribution in [-0.4, -0.2) is 11.6 Å². The van der Waals surface area contributed by atoms with E-state index in [1.54, 1.807) is 0 Å². The Labute approximate surface area is 82.8 Å². The summed E-state index contributed by atoms with van der Waals surface area (Å²) in [4.78, 5) is 25.4. The van der Waals surface area contributed by atoms with Crippen molar-refractivity contribution in [2.75, 3.05) is 0 Å². The Bertz CT molecular complexity index is 239. The van der Waals surface area contributed by atoms with Crippen molar-refractivity contribution in [3.8, 4) is 0 Å². The molecule has 1 unspecified atom stereocenters. The van der Waals surface area contributed by atoms with E-state index in [9.17, 15) is 14.4 Å². The van der Waals surface area contributed by atoms with E-state index >= 15 is 0 Å². The molecule has 0 fully saturated rings. The fourth-order valence-corrected chi connectivity index (χ4v) is 1.61. The second kappa shape index (κ2) is 6.10. The van der Waals surface area contributed by atoms with Gasteiger partial charge in [0.25, 0.3) is 0 Å². The average Bonchev–Trinajstić information content (AvgIpc) is 2.35. The van der Waals surface area contributed by atoms with Crippen LogP contribution < -0.4 is 22.1 Å². The molecule has 14 heavy (non-hydrogen) atoms. The highest BCUT2D eigenvalue weighted by molar-refractivity contribution is 7.49. The lowest BCUT2D eigenvalue weighted by atomic mass is 10.2. The van der Waals surface area contributed by atoms with Crippen molar-refractivity contribution in [2.45, 2.75) is 32.0 Å². The molecule has 0 bridgehead atoms. The molecule has 86 valence electrons. The first-order chi connectivity index (χ1) is 5.54. The number of hydrogen-bond acceptors (Lipinski definition) is 5. The molecule has 0 radical (unpaired) electrons. The highest BCUT2D eigenvalue weighted by Crippen LogP contribution is 2.38. The Hall–Kier alpha value is -0.460. The van der Waals surface area contributed by atoms with Gasteiger partial charge in [-0.3, -0.25) is 0 Å². The van der Waals surface area contributed by atoms with Gasteiger partial charge in [-0.1, -0.05) is 18.5 Å². The van der Waals surface area contributed by atoms with Crippen LogP contribution in [0.3, 0.4) is 0 Å². The maximum Gasteiger partial charge on any atom is 0.158 e. The fraction of sp³-hybridized carbons (Fsp3) is 0.833. The summed E-state index contributed by atoms with van der Waals surface area (Å²) in [6.07, 6.45) is 1.70. The number of rotatable bonds is 3. The first-order valence-corrected chi connectivity index (χ1v) is 5.38. The van der Waals surface area contributed by atoms with Crippen LogP contribution in [-0.2, 0) is 9.40 Å². The van der Waals surface area contributed by atoms with Crippen molar-refractivity contribution >= 4 is 13.3 Å². The van der Waals surface area contributed by atoms with E-state index in [1.165, 1.54) is 0 Å². The van der Waals surface area contributed by atoms with Gasteiger partial charge in [0.2, 0.25) is 0 Å². The molecule has 8 N–H and O–H groups in total. The maximum atomic E-state index is 10.5. The summed E-state index contributed by atoms with van der Waals surface area (Å²) in [6.45, 7) is 1.95. The number of hydrogen-bond donors (Lipinski definition) is 2. The third-order valence-electron chi connectivity index (χ3n) is 1.61. The lowest BCUT2D eigenvalue weighted by Crippen LogP contribution is -2.25. The molecular weight excluding hydrogens is 209 g/mol. The lowest BCUT2D eigenvalue weighted by Gasteiger charge is -2.33. The molecule has 8 heteroatoms. The summed E-state index contributed by atoms with van der Waals surface area (Å²) in [6, 6.07) is 0. The molecule has 7 nitrogen and oxygen atoms in total. The Morgan fingerprint density at radius 1 is 1.57 bits per heavy atom.